The zero-order valence-corrected chi connectivity index (χ0v) is 10.7. The molecule has 1 aromatic carbocycles. The van der Waals surface area contributed by atoms with Crippen molar-refractivity contribution < 1.29 is 4.79 Å². The lowest BCUT2D eigenvalue weighted by Gasteiger charge is -2.08. The molecule has 1 aromatic heterocycles. The van der Waals surface area contributed by atoms with E-state index in [-0.39, 0.29) is 5.91 Å². The van der Waals surface area contributed by atoms with Crippen molar-refractivity contribution in [3.8, 4) is 0 Å². The molecule has 3 nitrogen and oxygen atoms in total. The Hall–Kier alpha value is -1.52. The number of carbonyl (C=O) groups is 1. The maximum absolute atomic E-state index is 11.9. The molecule has 0 atom stereocenters. The number of hydrogen-bond donors (Lipinski definition) is 2. The Morgan fingerprint density at radius 3 is 2.71 bits per heavy atom. The van der Waals surface area contributed by atoms with Gasteiger partial charge in [-0.05, 0) is 31.2 Å². The third-order valence-electron chi connectivity index (χ3n) is 2.25. The molecule has 1 heterocycles. The van der Waals surface area contributed by atoms with Gasteiger partial charge in [0.1, 0.15) is 0 Å². The molecule has 3 N–H and O–H groups in total. The number of nitrogen functional groups attached to an aromatic ring is 1. The van der Waals surface area contributed by atoms with Crippen LogP contribution in [-0.4, -0.2) is 5.91 Å². The summed E-state index contributed by atoms with van der Waals surface area (Å²) in [5.74, 6) is -0.192. The molecule has 0 fully saturated rings. The molecule has 0 aliphatic carbocycles. The number of hydrogen-bond acceptors (Lipinski definition) is 3. The number of thiophene rings is 1. The van der Waals surface area contributed by atoms with Crippen molar-refractivity contribution in [2.24, 2.45) is 0 Å². The first-order valence-corrected chi connectivity index (χ1v) is 6.19. The number of para-hydroxylation sites is 1. The third-order valence-corrected chi connectivity index (χ3v) is 3.56. The fraction of sp³-hybridized carbons (Fsp3) is 0.0833. The maximum Gasteiger partial charge on any atom is 0.265 e. The number of nitrogens with one attached hydrogen (secondary N) is 1. The highest BCUT2D eigenvalue weighted by Crippen LogP contribution is 2.28. The van der Waals surface area contributed by atoms with Gasteiger partial charge >= 0.3 is 0 Å². The van der Waals surface area contributed by atoms with Crippen molar-refractivity contribution in [1.82, 2.24) is 0 Å². The lowest BCUT2D eigenvalue weighted by atomic mass is 10.2. The molecule has 2 aromatic rings. The van der Waals surface area contributed by atoms with E-state index in [9.17, 15) is 4.79 Å². The molecular formula is C12H11ClN2OS. The van der Waals surface area contributed by atoms with Crippen molar-refractivity contribution in [3.05, 3.63) is 45.1 Å². The van der Waals surface area contributed by atoms with Crippen LogP contribution in [0.3, 0.4) is 0 Å². The van der Waals surface area contributed by atoms with E-state index in [4.69, 9.17) is 17.3 Å². The molecule has 0 unspecified atom stereocenters. The first kappa shape index (κ1) is 12.0. The van der Waals surface area contributed by atoms with Crippen LogP contribution < -0.4 is 11.1 Å². The Morgan fingerprint density at radius 1 is 1.35 bits per heavy atom. The Morgan fingerprint density at radius 2 is 2.12 bits per heavy atom. The summed E-state index contributed by atoms with van der Waals surface area (Å²) in [4.78, 5) is 13.6. The van der Waals surface area contributed by atoms with Crippen molar-refractivity contribution in [2.45, 2.75) is 6.92 Å². The van der Waals surface area contributed by atoms with Gasteiger partial charge in [0.25, 0.3) is 5.91 Å². The molecule has 0 bridgehead atoms. The summed E-state index contributed by atoms with van der Waals surface area (Å²) in [6, 6.07) is 8.80. The van der Waals surface area contributed by atoms with Crippen molar-refractivity contribution >= 4 is 40.2 Å². The smallest absolute Gasteiger partial charge is 0.265 e. The Bertz CT molecular complexity index is 545. The summed E-state index contributed by atoms with van der Waals surface area (Å²) in [5.41, 5.74) is 6.68. The van der Waals surface area contributed by atoms with Crippen molar-refractivity contribution in [3.63, 3.8) is 0 Å². The third kappa shape index (κ3) is 2.60. The van der Waals surface area contributed by atoms with Crippen LogP contribution in [0, 0.1) is 6.92 Å². The quantitative estimate of drug-likeness (QED) is 0.817. The highest BCUT2D eigenvalue weighted by atomic mass is 35.5. The zero-order chi connectivity index (χ0) is 12.4. The second-order valence-corrected chi connectivity index (χ2v) is 5.26. The van der Waals surface area contributed by atoms with Crippen LogP contribution in [0.2, 0.25) is 5.02 Å². The normalized spacial score (nSPS) is 10.2. The molecule has 88 valence electrons. The highest BCUT2D eigenvalue weighted by molar-refractivity contribution is 7.14. The van der Waals surface area contributed by atoms with Crippen LogP contribution in [0.25, 0.3) is 0 Å². The lowest BCUT2D eigenvalue weighted by Crippen LogP contribution is -2.12. The summed E-state index contributed by atoms with van der Waals surface area (Å²) in [6.07, 6.45) is 0. The van der Waals surface area contributed by atoms with E-state index in [0.29, 0.717) is 21.3 Å². The van der Waals surface area contributed by atoms with Gasteiger partial charge < -0.3 is 11.1 Å². The van der Waals surface area contributed by atoms with Gasteiger partial charge in [0.05, 0.1) is 21.3 Å². The summed E-state index contributed by atoms with van der Waals surface area (Å²) in [6.45, 7) is 1.95. The summed E-state index contributed by atoms with van der Waals surface area (Å²) in [7, 11) is 0. The minimum absolute atomic E-state index is 0.192. The van der Waals surface area contributed by atoms with Crippen LogP contribution in [0.4, 0.5) is 11.4 Å². The average Bonchev–Trinajstić information content (AvgIpc) is 2.70. The van der Waals surface area contributed by atoms with Gasteiger partial charge in [-0.15, -0.1) is 11.3 Å². The van der Waals surface area contributed by atoms with Crippen molar-refractivity contribution in [1.29, 1.82) is 0 Å². The summed E-state index contributed by atoms with van der Waals surface area (Å²) in [5, 5.41) is 3.16. The van der Waals surface area contributed by atoms with E-state index >= 15 is 0 Å². The minimum Gasteiger partial charge on any atom is -0.397 e. The molecular weight excluding hydrogens is 256 g/mol. The Labute approximate surface area is 108 Å². The molecule has 2 rings (SSSR count). The summed E-state index contributed by atoms with van der Waals surface area (Å²) < 4.78 is 0. The Kier molecular flexibility index (Phi) is 3.36. The fourth-order valence-electron chi connectivity index (χ4n) is 1.40. The maximum atomic E-state index is 11.9. The summed E-state index contributed by atoms with van der Waals surface area (Å²) >= 11 is 7.41. The van der Waals surface area contributed by atoms with E-state index in [2.05, 4.69) is 5.32 Å². The number of anilines is 2. The number of amides is 1. The average molecular weight is 267 g/mol. The molecule has 0 aliphatic heterocycles. The number of carbonyl (C=O) groups excluding carboxylic acids is 1. The van der Waals surface area contributed by atoms with E-state index in [0.717, 1.165) is 4.88 Å². The molecule has 0 spiro atoms. The molecule has 5 heteroatoms. The van der Waals surface area contributed by atoms with E-state index in [1.54, 1.807) is 24.3 Å². The van der Waals surface area contributed by atoms with E-state index < -0.39 is 0 Å². The zero-order valence-electron chi connectivity index (χ0n) is 9.16. The number of benzene rings is 1. The van der Waals surface area contributed by atoms with Crippen LogP contribution in [-0.2, 0) is 0 Å². The predicted octanol–water partition coefficient (Wildman–Crippen LogP) is 3.54. The highest BCUT2D eigenvalue weighted by Gasteiger charge is 2.12. The second kappa shape index (κ2) is 4.77. The standard InChI is InChI=1S/C12H11ClN2OS/c1-7-5-6-10(17-7)12(16)15-11-8(13)3-2-4-9(11)14/h2-6H,14H2,1H3,(H,15,16). The van der Waals surface area contributed by atoms with E-state index in [1.165, 1.54) is 11.3 Å². The fourth-order valence-corrected chi connectivity index (χ4v) is 2.40. The first-order chi connectivity index (χ1) is 8.08. The van der Waals surface area contributed by atoms with Gasteiger partial charge in [0.2, 0.25) is 0 Å². The van der Waals surface area contributed by atoms with Crippen molar-refractivity contribution in [2.75, 3.05) is 11.1 Å². The molecule has 0 radical (unpaired) electrons. The molecule has 1 amide bonds. The number of halogens is 1. The van der Waals surface area contributed by atoms with E-state index in [1.807, 2.05) is 13.0 Å². The van der Waals surface area contributed by atoms with Gasteiger partial charge in [0, 0.05) is 4.88 Å². The van der Waals surface area contributed by atoms with Gasteiger partial charge in [-0.3, -0.25) is 4.79 Å². The molecule has 17 heavy (non-hydrogen) atoms. The topological polar surface area (TPSA) is 55.1 Å². The van der Waals surface area contributed by atoms with Crippen LogP contribution in [0.1, 0.15) is 14.5 Å². The largest absolute Gasteiger partial charge is 0.397 e. The van der Waals surface area contributed by atoms with Gasteiger partial charge in [-0.2, -0.15) is 0 Å². The second-order valence-electron chi connectivity index (χ2n) is 3.57. The SMILES string of the molecule is Cc1ccc(C(=O)Nc2c(N)cccc2Cl)s1. The number of aryl methyl sites for hydroxylation is 1. The van der Waals surface area contributed by atoms with Gasteiger partial charge in [0.15, 0.2) is 0 Å². The number of rotatable bonds is 2. The van der Waals surface area contributed by atoms with Crippen LogP contribution in [0.5, 0.6) is 0 Å². The minimum atomic E-state index is -0.192. The molecule has 0 saturated carbocycles. The first-order valence-electron chi connectivity index (χ1n) is 4.99. The number of nitrogens with two attached hydrogens (primary N) is 1. The molecule has 0 aliphatic rings. The lowest BCUT2D eigenvalue weighted by molar-refractivity contribution is 0.103. The monoisotopic (exact) mass is 266 g/mol. The van der Waals surface area contributed by atoms with Crippen LogP contribution in [0.15, 0.2) is 30.3 Å². The van der Waals surface area contributed by atoms with Gasteiger partial charge in [-0.1, -0.05) is 17.7 Å². The molecule has 0 saturated heterocycles. The van der Waals surface area contributed by atoms with Crippen LogP contribution >= 0.6 is 22.9 Å². The Balaban J connectivity index is 2.24. The predicted molar refractivity (Wildman–Crippen MR) is 72.9 cm³/mol. The van der Waals surface area contributed by atoms with Gasteiger partial charge in [-0.25, -0.2) is 0 Å².